The van der Waals surface area contributed by atoms with Crippen LogP contribution in [0.4, 0.5) is 0 Å². The zero-order chi connectivity index (χ0) is 18.6. The van der Waals surface area contributed by atoms with Crippen LogP contribution < -0.4 is 0 Å². The lowest BCUT2D eigenvalue weighted by Gasteiger charge is -2.26. The quantitative estimate of drug-likeness (QED) is 0.849. The number of nitrogens with zero attached hydrogens (tertiary/aromatic N) is 1. The van der Waals surface area contributed by atoms with Crippen molar-refractivity contribution in [3.8, 4) is 5.75 Å². The van der Waals surface area contributed by atoms with Gasteiger partial charge >= 0.3 is 5.97 Å². The Bertz CT molecular complexity index is 748. The van der Waals surface area contributed by atoms with Crippen molar-refractivity contribution in [3.63, 3.8) is 0 Å². The monoisotopic (exact) mass is 341 g/mol. The highest BCUT2D eigenvalue weighted by atomic mass is 16.5. The predicted molar refractivity (Wildman–Crippen MR) is 95.6 cm³/mol. The molecule has 5 heteroatoms. The van der Waals surface area contributed by atoms with E-state index < -0.39 is 12.0 Å². The summed E-state index contributed by atoms with van der Waals surface area (Å²) in [6.45, 7) is 3.86. The van der Waals surface area contributed by atoms with Gasteiger partial charge in [-0.3, -0.25) is 4.79 Å². The molecule has 0 aliphatic rings. The second-order valence-corrected chi connectivity index (χ2v) is 6.20. The number of esters is 1. The number of carbonyl (C=O) groups is 2. The molecule has 0 aliphatic heterocycles. The van der Waals surface area contributed by atoms with Crippen LogP contribution in [-0.2, 0) is 16.0 Å². The van der Waals surface area contributed by atoms with E-state index in [0.29, 0.717) is 12.0 Å². The summed E-state index contributed by atoms with van der Waals surface area (Å²) in [6, 6.07) is 11.4. The molecule has 1 atom stereocenters. The number of carbonyl (C=O) groups excluding carboxylic acids is 2. The smallest absolute Gasteiger partial charge is 0.328 e. The number of rotatable bonds is 5. The third-order valence-electron chi connectivity index (χ3n) is 4.10. The van der Waals surface area contributed by atoms with Crippen LogP contribution in [0.3, 0.4) is 0 Å². The summed E-state index contributed by atoms with van der Waals surface area (Å²) in [7, 11) is 2.91. The van der Waals surface area contributed by atoms with E-state index >= 15 is 0 Å². The van der Waals surface area contributed by atoms with Crippen molar-refractivity contribution in [3.05, 3.63) is 64.7 Å². The Morgan fingerprint density at radius 1 is 1.08 bits per heavy atom. The van der Waals surface area contributed by atoms with E-state index in [-0.39, 0.29) is 11.7 Å². The Balaban J connectivity index is 2.28. The average molecular weight is 341 g/mol. The third-order valence-corrected chi connectivity index (χ3v) is 4.10. The molecular weight excluding hydrogens is 318 g/mol. The van der Waals surface area contributed by atoms with E-state index in [9.17, 15) is 14.7 Å². The molecule has 2 rings (SSSR count). The number of hydrogen-bond donors (Lipinski definition) is 1. The fourth-order valence-electron chi connectivity index (χ4n) is 2.81. The zero-order valence-electron chi connectivity index (χ0n) is 14.9. The summed E-state index contributed by atoms with van der Waals surface area (Å²) in [5, 5.41) is 9.39. The molecule has 0 unspecified atom stereocenters. The molecule has 25 heavy (non-hydrogen) atoms. The number of aromatic hydroxyl groups is 1. The first-order chi connectivity index (χ1) is 11.8. The van der Waals surface area contributed by atoms with Gasteiger partial charge in [0.25, 0.3) is 5.91 Å². The molecule has 0 heterocycles. The molecule has 2 aromatic carbocycles. The number of aryl methyl sites for hydroxylation is 2. The van der Waals surface area contributed by atoms with Gasteiger partial charge in [-0.25, -0.2) is 4.79 Å². The summed E-state index contributed by atoms with van der Waals surface area (Å²) in [5.41, 5.74) is 3.35. The van der Waals surface area contributed by atoms with Crippen LogP contribution in [0.2, 0.25) is 0 Å². The molecule has 0 spiro atoms. The van der Waals surface area contributed by atoms with E-state index in [1.54, 1.807) is 43.4 Å². The molecule has 0 aromatic heterocycles. The second kappa shape index (κ2) is 7.83. The van der Waals surface area contributed by atoms with Gasteiger partial charge in [-0.15, -0.1) is 0 Å². The maximum atomic E-state index is 12.8. The van der Waals surface area contributed by atoms with Gasteiger partial charge in [0.15, 0.2) is 0 Å². The van der Waals surface area contributed by atoms with Crippen molar-refractivity contribution in [1.29, 1.82) is 0 Å². The SMILES string of the molecule is COC(=O)[C@H](Cc1ccc(O)cc1)N(C)C(=O)c1cc(C)cc(C)c1. The lowest BCUT2D eigenvalue weighted by molar-refractivity contribution is -0.145. The van der Waals surface area contributed by atoms with Gasteiger partial charge in [0.2, 0.25) is 0 Å². The number of ether oxygens (including phenoxy) is 1. The van der Waals surface area contributed by atoms with Crippen molar-refractivity contribution < 1.29 is 19.4 Å². The van der Waals surface area contributed by atoms with E-state index in [2.05, 4.69) is 0 Å². The summed E-state index contributed by atoms with van der Waals surface area (Å²) < 4.78 is 4.88. The van der Waals surface area contributed by atoms with Gasteiger partial charge in [-0.05, 0) is 43.7 Å². The average Bonchev–Trinajstić information content (AvgIpc) is 2.58. The Morgan fingerprint density at radius 2 is 1.64 bits per heavy atom. The van der Waals surface area contributed by atoms with Crippen LogP contribution in [0.15, 0.2) is 42.5 Å². The van der Waals surface area contributed by atoms with Crippen LogP contribution in [0.5, 0.6) is 5.75 Å². The number of phenols is 1. The number of amides is 1. The molecule has 1 amide bonds. The van der Waals surface area contributed by atoms with Crippen LogP contribution in [-0.4, -0.2) is 42.1 Å². The minimum atomic E-state index is -0.747. The molecule has 1 N–H and O–H groups in total. The highest BCUT2D eigenvalue weighted by Gasteiger charge is 2.28. The predicted octanol–water partition coefficient (Wildman–Crippen LogP) is 2.87. The molecule has 5 nitrogen and oxygen atoms in total. The topological polar surface area (TPSA) is 66.8 Å². The number of likely N-dealkylation sites (N-methyl/N-ethyl adjacent to an activating group) is 1. The fraction of sp³-hybridized carbons (Fsp3) is 0.300. The van der Waals surface area contributed by atoms with E-state index in [0.717, 1.165) is 16.7 Å². The molecule has 0 saturated carbocycles. The molecule has 0 fully saturated rings. The van der Waals surface area contributed by atoms with Gasteiger partial charge in [0.05, 0.1) is 7.11 Å². The Labute approximate surface area is 147 Å². The van der Waals surface area contributed by atoms with Gasteiger partial charge in [-0.1, -0.05) is 29.3 Å². The maximum Gasteiger partial charge on any atom is 0.328 e. The maximum absolute atomic E-state index is 12.8. The third kappa shape index (κ3) is 4.59. The van der Waals surface area contributed by atoms with Crippen LogP contribution in [0, 0.1) is 13.8 Å². The second-order valence-electron chi connectivity index (χ2n) is 6.20. The molecule has 0 saturated heterocycles. The first-order valence-corrected chi connectivity index (χ1v) is 8.03. The van der Waals surface area contributed by atoms with Crippen molar-refractivity contribution in [2.24, 2.45) is 0 Å². The van der Waals surface area contributed by atoms with Gasteiger partial charge in [0, 0.05) is 19.0 Å². The van der Waals surface area contributed by atoms with Gasteiger partial charge in [0.1, 0.15) is 11.8 Å². The van der Waals surface area contributed by atoms with E-state index in [1.807, 2.05) is 19.9 Å². The van der Waals surface area contributed by atoms with Gasteiger partial charge < -0.3 is 14.7 Å². The van der Waals surface area contributed by atoms with Crippen molar-refractivity contribution in [2.45, 2.75) is 26.3 Å². The van der Waals surface area contributed by atoms with Gasteiger partial charge in [-0.2, -0.15) is 0 Å². The fourth-order valence-corrected chi connectivity index (χ4v) is 2.81. The number of hydrogen-bond acceptors (Lipinski definition) is 4. The summed E-state index contributed by atoms with van der Waals surface area (Å²) in [6.07, 6.45) is 0.306. The molecule has 2 aromatic rings. The zero-order valence-corrected chi connectivity index (χ0v) is 14.9. The first-order valence-electron chi connectivity index (χ1n) is 8.03. The number of methoxy groups -OCH3 is 1. The lowest BCUT2D eigenvalue weighted by atomic mass is 10.0. The van der Waals surface area contributed by atoms with Crippen molar-refractivity contribution in [1.82, 2.24) is 4.90 Å². The standard InChI is InChI=1S/C20H23NO4/c1-13-9-14(2)11-16(10-13)19(23)21(3)18(20(24)25-4)12-15-5-7-17(22)8-6-15/h5-11,18,22H,12H2,1-4H3/t18-/m0/s1. The highest BCUT2D eigenvalue weighted by molar-refractivity contribution is 5.97. The van der Waals surface area contributed by atoms with E-state index in [4.69, 9.17) is 4.74 Å². The highest BCUT2D eigenvalue weighted by Crippen LogP contribution is 2.17. The summed E-state index contributed by atoms with van der Waals surface area (Å²) in [4.78, 5) is 26.5. The van der Waals surface area contributed by atoms with Crippen LogP contribution >= 0.6 is 0 Å². The molecule has 0 aliphatic carbocycles. The molecule has 132 valence electrons. The Hall–Kier alpha value is -2.82. The Morgan fingerprint density at radius 3 is 2.16 bits per heavy atom. The van der Waals surface area contributed by atoms with E-state index in [1.165, 1.54) is 12.0 Å². The van der Waals surface area contributed by atoms with Crippen molar-refractivity contribution in [2.75, 3.05) is 14.2 Å². The molecule has 0 radical (unpaired) electrons. The molecular formula is C20H23NO4. The van der Waals surface area contributed by atoms with Crippen molar-refractivity contribution >= 4 is 11.9 Å². The summed E-state index contributed by atoms with van der Waals surface area (Å²) >= 11 is 0. The number of benzene rings is 2. The first kappa shape index (κ1) is 18.5. The largest absolute Gasteiger partial charge is 0.508 e. The minimum absolute atomic E-state index is 0.151. The lowest BCUT2D eigenvalue weighted by Crippen LogP contribution is -2.44. The summed E-state index contributed by atoms with van der Waals surface area (Å²) in [5.74, 6) is -0.563. The minimum Gasteiger partial charge on any atom is -0.508 e. The number of phenolic OH excluding ortho intramolecular Hbond substituents is 1. The van der Waals surface area contributed by atoms with Crippen LogP contribution in [0.25, 0.3) is 0 Å². The molecule has 0 bridgehead atoms. The Kier molecular flexibility index (Phi) is 5.80. The van der Waals surface area contributed by atoms with Crippen LogP contribution in [0.1, 0.15) is 27.0 Å². The normalized spacial score (nSPS) is 11.7.